The van der Waals surface area contributed by atoms with E-state index < -0.39 is 9.84 Å². The fourth-order valence-electron chi connectivity index (χ4n) is 1.86. The second-order valence-electron chi connectivity index (χ2n) is 4.34. The van der Waals surface area contributed by atoms with Gasteiger partial charge in [0.1, 0.15) is 9.84 Å². The highest BCUT2D eigenvalue weighted by Gasteiger charge is 2.13. The van der Waals surface area contributed by atoms with Crippen LogP contribution in [0.1, 0.15) is 11.1 Å². The zero-order chi connectivity index (χ0) is 12.5. The molecule has 0 fully saturated rings. The topological polar surface area (TPSA) is 63.4 Å². The highest BCUT2D eigenvalue weighted by atomic mass is 32.2. The molecule has 0 aromatic heterocycles. The smallest absolute Gasteiger partial charge is 0.149 e. The third kappa shape index (κ3) is 3.00. The van der Waals surface area contributed by atoms with Gasteiger partial charge in [-0.2, -0.15) is 0 Å². The van der Waals surface area contributed by atoms with Crippen molar-refractivity contribution in [1.82, 2.24) is 4.90 Å². The van der Waals surface area contributed by atoms with Crippen molar-refractivity contribution >= 4 is 21.6 Å². The Labute approximate surface area is 102 Å². The first-order valence-electron chi connectivity index (χ1n) is 5.43. The maximum Gasteiger partial charge on any atom is 0.149 e. The van der Waals surface area contributed by atoms with Crippen LogP contribution in [0.2, 0.25) is 0 Å². The van der Waals surface area contributed by atoms with Crippen molar-refractivity contribution in [2.45, 2.75) is 6.54 Å². The minimum absolute atomic E-state index is 0.176. The number of hydrogen-bond acceptors (Lipinski definition) is 4. The van der Waals surface area contributed by atoms with E-state index in [-0.39, 0.29) is 5.75 Å². The molecule has 0 amide bonds. The van der Waals surface area contributed by atoms with E-state index in [0.29, 0.717) is 13.1 Å². The number of anilines is 1. The molecule has 5 heteroatoms. The summed E-state index contributed by atoms with van der Waals surface area (Å²) in [4.78, 5) is 1.99. The van der Waals surface area contributed by atoms with E-state index in [9.17, 15) is 8.42 Å². The van der Waals surface area contributed by atoms with E-state index in [1.807, 2.05) is 35.4 Å². The summed E-state index contributed by atoms with van der Waals surface area (Å²) < 4.78 is 22.2. The largest absolute Gasteiger partial charge is 0.398 e. The normalized spacial score (nSPS) is 14.8. The summed E-state index contributed by atoms with van der Waals surface area (Å²) >= 11 is 0. The number of hydrogen-bond donors (Lipinski definition) is 1. The number of sulfone groups is 1. The van der Waals surface area contributed by atoms with Crippen LogP contribution in [0.3, 0.4) is 0 Å². The minimum Gasteiger partial charge on any atom is -0.398 e. The first-order valence-corrected chi connectivity index (χ1v) is 7.49. The van der Waals surface area contributed by atoms with Crippen LogP contribution in [0, 0.1) is 0 Å². The van der Waals surface area contributed by atoms with E-state index in [1.54, 1.807) is 0 Å². The second kappa shape index (κ2) is 4.41. The van der Waals surface area contributed by atoms with E-state index in [1.165, 1.54) is 6.26 Å². The lowest BCUT2D eigenvalue weighted by molar-refractivity contribution is 0.387. The summed E-state index contributed by atoms with van der Waals surface area (Å²) in [6.45, 7) is 1.23. The van der Waals surface area contributed by atoms with Crippen molar-refractivity contribution < 1.29 is 8.42 Å². The molecule has 17 heavy (non-hydrogen) atoms. The molecule has 4 nitrogen and oxygen atoms in total. The molecule has 0 aliphatic carbocycles. The molecule has 1 aliphatic rings. The summed E-state index contributed by atoms with van der Waals surface area (Å²) in [7, 11) is -2.91. The van der Waals surface area contributed by atoms with Crippen molar-refractivity contribution in [2.24, 2.45) is 0 Å². The Morgan fingerprint density at radius 1 is 1.41 bits per heavy atom. The predicted octanol–water partition coefficient (Wildman–Crippen LogP) is 1.10. The van der Waals surface area contributed by atoms with Crippen molar-refractivity contribution in [3.05, 3.63) is 35.5 Å². The number of fused-ring (bicyclic) bond motifs is 1. The molecular weight excluding hydrogens is 236 g/mol. The molecule has 1 heterocycles. The lowest BCUT2D eigenvalue weighted by Crippen LogP contribution is -2.26. The molecule has 0 atom stereocenters. The Hall–Kier alpha value is -1.49. The van der Waals surface area contributed by atoms with Gasteiger partial charge in [-0.1, -0.05) is 12.1 Å². The molecule has 0 bridgehead atoms. The van der Waals surface area contributed by atoms with Gasteiger partial charge in [-0.3, -0.25) is 0 Å². The van der Waals surface area contributed by atoms with Crippen LogP contribution in [0.4, 0.5) is 5.69 Å². The van der Waals surface area contributed by atoms with E-state index >= 15 is 0 Å². The number of nitrogens with two attached hydrogens (primary N) is 1. The number of nitrogen functional groups attached to an aromatic ring is 1. The molecular formula is C12H16N2O2S. The summed E-state index contributed by atoms with van der Waals surface area (Å²) in [5, 5.41) is 0. The zero-order valence-electron chi connectivity index (χ0n) is 9.76. The van der Waals surface area contributed by atoms with Gasteiger partial charge >= 0.3 is 0 Å². The zero-order valence-corrected chi connectivity index (χ0v) is 10.6. The molecule has 0 saturated heterocycles. The van der Waals surface area contributed by atoms with Crippen LogP contribution >= 0.6 is 0 Å². The Kier molecular flexibility index (Phi) is 3.11. The average molecular weight is 252 g/mol. The van der Waals surface area contributed by atoms with Crippen LogP contribution in [-0.4, -0.2) is 31.9 Å². The first kappa shape index (κ1) is 12.0. The lowest BCUT2D eigenvalue weighted by atomic mass is 10.0. The molecule has 2 N–H and O–H groups in total. The molecule has 92 valence electrons. The monoisotopic (exact) mass is 252 g/mol. The number of nitrogens with zero attached hydrogens (tertiary/aromatic N) is 1. The Morgan fingerprint density at radius 2 is 2.18 bits per heavy atom. The van der Waals surface area contributed by atoms with Gasteiger partial charge in [0.05, 0.1) is 5.75 Å². The third-order valence-corrected chi connectivity index (χ3v) is 3.73. The Bertz CT molecular complexity index is 550. The van der Waals surface area contributed by atoms with Crippen LogP contribution in [0.5, 0.6) is 0 Å². The SMILES string of the molecule is CS(=O)(=O)CCN1C=Cc2c(N)cccc2C1. The Morgan fingerprint density at radius 3 is 2.88 bits per heavy atom. The third-order valence-electron chi connectivity index (χ3n) is 2.80. The maximum atomic E-state index is 11.1. The standard InChI is InChI=1S/C12H16N2O2S/c1-17(15,16)8-7-14-6-5-11-10(9-14)3-2-4-12(11)13/h2-6H,7-9,13H2,1H3. The fourth-order valence-corrected chi connectivity index (χ4v) is 2.43. The molecule has 0 radical (unpaired) electrons. The number of benzene rings is 1. The maximum absolute atomic E-state index is 11.1. The first-order chi connectivity index (χ1) is 7.96. The summed E-state index contributed by atoms with van der Waals surface area (Å²) in [6.07, 6.45) is 5.10. The van der Waals surface area contributed by atoms with E-state index in [2.05, 4.69) is 0 Å². The van der Waals surface area contributed by atoms with Crippen LogP contribution in [0.25, 0.3) is 6.08 Å². The van der Waals surface area contributed by atoms with Gasteiger partial charge in [0.2, 0.25) is 0 Å². The summed E-state index contributed by atoms with van der Waals surface area (Å²) in [5.41, 5.74) is 8.81. The van der Waals surface area contributed by atoms with Crippen molar-refractivity contribution in [3.8, 4) is 0 Å². The van der Waals surface area contributed by atoms with Gasteiger partial charge < -0.3 is 10.6 Å². The second-order valence-corrected chi connectivity index (χ2v) is 6.60. The molecule has 2 rings (SSSR count). The molecule has 1 aromatic rings. The van der Waals surface area contributed by atoms with Crippen LogP contribution < -0.4 is 5.73 Å². The Balaban J connectivity index is 2.10. The van der Waals surface area contributed by atoms with Gasteiger partial charge in [-0.15, -0.1) is 0 Å². The van der Waals surface area contributed by atoms with Crippen molar-refractivity contribution in [3.63, 3.8) is 0 Å². The van der Waals surface area contributed by atoms with Crippen LogP contribution in [0.15, 0.2) is 24.4 Å². The quantitative estimate of drug-likeness (QED) is 0.818. The molecule has 0 saturated carbocycles. The highest BCUT2D eigenvalue weighted by Crippen LogP contribution is 2.24. The van der Waals surface area contributed by atoms with Crippen molar-refractivity contribution in [2.75, 3.05) is 24.3 Å². The van der Waals surface area contributed by atoms with Gasteiger partial charge in [0.15, 0.2) is 0 Å². The van der Waals surface area contributed by atoms with E-state index in [0.717, 1.165) is 16.8 Å². The van der Waals surface area contributed by atoms with E-state index in [4.69, 9.17) is 5.73 Å². The fraction of sp³-hybridized carbons (Fsp3) is 0.333. The molecule has 1 aliphatic heterocycles. The lowest BCUT2D eigenvalue weighted by Gasteiger charge is -2.25. The van der Waals surface area contributed by atoms with Gasteiger partial charge in [-0.05, 0) is 17.7 Å². The average Bonchev–Trinajstić information content (AvgIpc) is 2.26. The molecule has 0 spiro atoms. The molecule has 1 aromatic carbocycles. The summed E-state index contributed by atoms with van der Waals surface area (Å²) in [6, 6.07) is 5.81. The van der Waals surface area contributed by atoms with Crippen molar-refractivity contribution in [1.29, 1.82) is 0 Å². The van der Waals surface area contributed by atoms with Crippen LogP contribution in [-0.2, 0) is 16.4 Å². The number of rotatable bonds is 3. The molecule has 0 unspecified atom stereocenters. The minimum atomic E-state index is -2.91. The van der Waals surface area contributed by atoms with Gasteiger partial charge in [-0.25, -0.2) is 8.42 Å². The van der Waals surface area contributed by atoms with Gasteiger partial charge in [0.25, 0.3) is 0 Å². The summed E-state index contributed by atoms with van der Waals surface area (Å²) in [5.74, 6) is 0.176. The van der Waals surface area contributed by atoms with Gasteiger partial charge in [0, 0.05) is 36.8 Å². The highest BCUT2D eigenvalue weighted by molar-refractivity contribution is 7.90. The predicted molar refractivity (Wildman–Crippen MR) is 70.0 cm³/mol.